The normalized spacial score (nSPS) is 17.1. The van der Waals surface area contributed by atoms with E-state index in [0.717, 1.165) is 51.8 Å². The first kappa shape index (κ1) is 17.9. The zero-order valence-corrected chi connectivity index (χ0v) is 16.0. The van der Waals surface area contributed by atoms with Crippen LogP contribution in [0.5, 0.6) is 0 Å². The molecule has 142 valence electrons. The van der Waals surface area contributed by atoms with Crippen LogP contribution in [0.2, 0.25) is 0 Å². The summed E-state index contributed by atoms with van der Waals surface area (Å²) >= 11 is 0. The Labute approximate surface area is 161 Å². The van der Waals surface area contributed by atoms with Crippen molar-refractivity contribution in [1.82, 2.24) is 5.32 Å². The molecule has 0 aliphatic carbocycles. The van der Waals surface area contributed by atoms with Gasteiger partial charge in [0.25, 0.3) is 0 Å². The van der Waals surface area contributed by atoms with Crippen molar-refractivity contribution in [2.75, 3.05) is 49.2 Å². The molecule has 0 radical (unpaired) electrons. The van der Waals surface area contributed by atoms with Crippen LogP contribution in [0.4, 0.5) is 11.4 Å². The zero-order valence-electron chi connectivity index (χ0n) is 16.0. The van der Waals surface area contributed by atoms with Crippen LogP contribution in [0.1, 0.15) is 18.1 Å². The Kier molecular flexibility index (Phi) is 5.58. The fourth-order valence-corrected chi connectivity index (χ4v) is 3.75. The number of hydrogen-bond acceptors (Lipinski definition) is 3. The third-order valence-electron chi connectivity index (χ3n) is 5.20. The van der Waals surface area contributed by atoms with E-state index in [1.165, 1.54) is 22.5 Å². The summed E-state index contributed by atoms with van der Waals surface area (Å²) in [6, 6.07) is 17.4. The smallest absolute Gasteiger partial charge is 0.198 e. The Morgan fingerprint density at radius 1 is 1.04 bits per heavy atom. The number of benzene rings is 2. The lowest BCUT2D eigenvalue weighted by Gasteiger charge is -2.28. The Morgan fingerprint density at radius 3 is 2.59 bits per heavy atom. The first-order valence-electron chi connectivity index (χ1n) is 9.90. The molecule has 2 heterocycles. The first-order chi connectivity index (χ1) is 13.3. The largest absolute Gasteiger partial charge is 0.378 e. The van der Waals surface area contributed by atoms with Crippen molar-refractivity contribution in [3.05, 3.63) is 59.7 Å². The minimum atomic E-state index is 0.685. The number of guanidine groups is 1. The fourth-order valence-electron chi connectivity index (χ4n) is 3.75. The molecule has 4 rings (SSSR count). The van der Waals surface area contributed by atoms with E-state index < -0.39 is 0 Å². The number of anilines is 2. The van der Waals surface area contributed by atoms with Gasteiger partial charge in [-0.25, -0.2) is 4.99 Å². The van der Waals surface area contributed by atoms with Crippen LogP contribution in [0, 0.1) is 0 Å². The van der Waals surface area contributed by atoms with Crippen LogP contribution < -0.4 is 15.1 Å². The molecule has 0 amide bonds. The summed E-state index contributed by atoms with van der Waals surface area (Å²) in [5.41, 5.74) is 5.18. The Balaban J connectivity index is 1.46. The van der Waals surface area contributed by atoms with Gasteiger partial charge in [0.15, 0.2) is 5.96 Å². The number of aliphatic imine (C=N–C) groups is 1. The number of nitrogens with one attached hydrogen (secondary N) is 1. The summed E-state index contributed by atoms with van der Waals surface area (Å²) in [5, 5.41) is 3.45. The quantitative estimate of drug-likeness (QED) is 0.669. The third kappa shape index (κ3) is 4.08. The van der Waals surface area contributed by atoms with Crippen molar-refractivity contribution in [2.24, 2.45) is 4.99 Å². The highest BCUT2D eigenvalue weighted by atomic mass is 16.5. The van der Waals surface area contributed by atoms with Crippen molar-refractivity contribution in [1.29, 1.82) is 0 Å². The highest BCUT2D eigenvalue weighted by Gasteiger charge is 2.22. The van der Waals surface area contributed by atoms with Gasteiger partial charge in [0.1, 0.15) is 0 Å². The molecule has 27 heavy (non-hydrogen) atoms. The van der Waals surface area contributed by atoms with Gasteiger partial charge in [0.2, 0.25) is 0 Å². The number of nitrogens with zero attached hydrogens (tertiary/aromatic N) is 3. The lowest BCUT2D eigenvalue weighted by Crippen LogP contribution is -2.40. The molecule has 2 aromatic rings. The lowest BCUT2D eigenvalue weighted by atomic mass is 10.2. The minimum absolute atomic E-state index is 0.685. The number of fused-ring (bicyclic) bond motifs is 1. The summed E-state index contributed by atoms with van der Waals surface area (Å²) in [7, 11) is 0. The van der Waals surface area contributed by atoms with E-state index >= 15 is 0 Å². The molecule has 1 N–H and O–H groups in total. The second-order valence-electron chi connectivity index (χ2n) is 6.97. The van der Waals surface area contributed by atoms with Gasteiger partial charge in [0.05, 0.1) is 19.8 Å². The first-order valence-corrected chi connectivity index (χ1v) is 9.90. The molecule has 0 bridgehead atoms. The van der Waals surface area contributed by atoms with E-state index in [2.05, 4.69) is 70.6 Å². The Morgan fingerprint density at radius 2 is 1.81 bits per heavy atom. The van der Waals surface area contributed by atoms with Crippen molar-refractivity contribution < 1.29 is 4.74 Å². The van der Waals surface area contributed by atoms with E-state index in [1.54, 1.807) is 0 Å². The van der Waals surface area contributed by atoms with E-state index in [9.17, 15) is 0 Å². The number of morpholine rings is 1. The molecule has 0 spiro atoms. The third-order valence-corrected chi connectivity index (χ3v) is 5.20. The van der Waals surface area contributed by atoms with Crippen molar-refractivity contribution in [3.8, 4) is 0 Å². The van der Waals surface area contributed by atoms with Gasteiger partial charge in [-0.2, -0.15) is 0 Å². The van der Waals surface area contributed by atoms with Crippen LogP contribution in [0.3, 0.4) is 0 Å². The maximum absolute atomic E-state index is 5.44. The van der Waals surface area contributed by atoms with Crippen molar-refractivity contribution >= 4 is 17.3 Å². The average Bonchev–Trinajstić information content (AvgIpc) is 3.16. The molecule has 1 saturated heterocycles. The average molecular weight is 364 g/mol. The molecule has 5 nitrogen and oxygen atoms in total. The molecule has 5 heteroatoms. The molecule has 2 aromatic carbocycles. The van der Waals surface area contributed by atoms with Crippen LogP contribution in [-0.4, -0.2) is 45.4 Å². The topological polar surface area (TPSA) is 40.1 Å². The molecular formula is C22H28N4O. The maximum atomic E-state index is 5.44. The van der Waals surface area contributed by atoms with Gasteiger partial charge < -0.3 is 19.9 Å². The SMILES string of the molecule is CCNC(=NCc1ccc(N2CCOCC2)cc1)N1CCc2ccccc21. The number of rotatable bonds is 4. The standard InChI is InChI=1S/C22H28N4O/c1-2-23-22(26-12-11-19-5-3-4-6-21(19)26)24-17-18-7-9-20(10-8-18)25-13-15-27-16-14-25/h3-10H,2,11-17H2,1H3,(H,23,24). The predicted molar refractivity (Wildman–Crippen MR) is 112 cm³/mol. The molecule has 0 aromatic heterocycles. The molecule has 0 unspecified atom stereocenters. The molecular weight excluding hydrogens is 336 g/mol. The molecule has 2 aliphatic rings. The van der Waals surface area contributed by atoms with Gasteiger partial charge in [-0.3, -0.25) is 0 Å². The molecule has 2 aliphatic heterocycles. The molecule has 0 saturated carbocycles. The van der Waals surface area contributed by atoms with Crippen LogP contribution in [0.25, 0.3) is 0 Å². The molecule has 1 fully saturated rings. The predicted octanol–water partition coefficient (Wildman–Crippen LogP) is 3.05. The summed E-state index contributed by atoms with van der Waals surface area (Å²) in [6.07, 6.45) is 1.08. The number of ether oxygens (including phenoxy) is 1. The van der Waals surface area contributed by atoms with Crippen LogP contribution >= 0.6 is 0 Å². The maximum Gasteiger partial charge on any atom is 0.198 e. The van der Waals surface area contributed by atoms with Gasteiger partial charge in [0, 0.05) is 37.6 Å². The second kappa shape index (κ2) is 8.44. The summed E-state index contributed by atoms with van der Waals surface area (Å²) < 4.78 is 5.44. The Bertz CT molecular complexity index is 781. The Hall–Kier alpha value is -2.53. The highest BCUT2D eigenvalue weighted by molar-refractivity contribution is 5.97. The molecule has 0 atom stereocenters. The van der Waals surface area contributed by atoms with Gasteiger partial charge in [-0.05, 0) is 42.7 Å². The van der Waals surface area contributed by atoms with Gasteiger partial charge in [-0.15, -0.1) is 0 Å². The summed E-state index contributed by atoms with van der Waals surface area (Å²) in [4.78, 5) is 9.59. The van der Waals surface area contributed by atoms with E-state index in [0.29, 0.717) is 6.54 Å². The fraction of sp³-hybridized carbons (Fsp3) is 0.409. The highest BCUT2D eigenvalue weighted by Crippen LogP contribution is 2.27. The zero-order chi connectivity index (χ0) is 18.5. The second-order valence-corrected chi connectivity index (χ2v) is 6.97. The van der Waals surface area contributed by atoms with E-state index in [4.69, 9.17) is 9.73 Å². The van der Waals surface area contributed by atoms with Crippen molar-refractivity contribution in [2.45, 2.75) is 19.9 Å². The van der Waals surface area contributed by atoms with E-state index in [1.807, 2.05) is 0 Å². The van der Waals surface area contributed by atoms with Crippen LogP contribution in [0.15, 0.2) is 53.5 Å². The summed E-state index contributed by atoms with van der Waals surface area (Å²) in [6.45, 7) is 8.23. The monoisotopic (exact) mass is 364 g/mol. The van der Waals surface area contributed by atoms with E-state index in [-0.39, 0.29) is 0 Å². The number of hydrogen-bond donors (Lipinski definition) is 1. The number of para-hydroxylation sites is 1. The minimum Gasteiger partial charge on any atom is -0.378 e. The van der Waals surface area contributed by atoms with Crippen LogP contribution in [-0.2, 0) is 17.7 Å². The van der Waals surface area contributed by atoms with Gasteiger partial charge >= 0.3 is 0 Å². The van der Waals surface area contributed by atoms with Crippen molar-refractivity contribution in [3.63, 3.8) is 0 Å². The summed E-state index contributed by atoms with van der Waals surface area (Å²) in [5.74, 6) is 0.972. The lowest BCUT2D eigenvalue weighted by molar-refractivity contribution is 0.122. The van der Waals surface area contributed by atoms with Gasteiger partial charge in [-0.1, -0.05) is 30.3 Å².